The molecule has 2 aromatic carbocycles. The molecule has 148 valence electrons. The Morgan fingerprint density at radius 2 is 1.64 bits per heavy atom. The second-order valence-electron chi connectivity index (χ2n) is 6.79. The first kappa shape index (κ1) is 19.7. The first-order valence-electron chi connectivity index (χ1n) is 9.41. The van der Waals surface area contributed by atoms with E-state index >= 15 is 0 Å². The van der Waals surface area contributed by atoms with Crippen molar-refractivity contribution in [3.8, 4) is 0 Å². The molecule has 1 aliphatic heterocycles. The Balaban J connectivity index is 1.44. The van der Waals surface area contributed by atoms with Crippen LogP contribution in [0.2, 0.25) is 0 Å². The SMILES string of the molecule is CC(NC(=O)N1CCN(c2ccccc2)CC1)C(=O)NCc1ccccc1F. The van der Waals surface area contributed by atoms with Gasteiger partial charge in [0.2, 0.25) is 5.91 Å². The van der Waals surface area contributed by atoms with E-state index in [0.29, 0.717) is 18.7 Å². The molecule has 6 nitrogen and oxygen atoms in total. The van der Waals surface area contributed by atoms with E-state index in [9.17, 15) is 14.0 Å². The summed E-state index contributed by atoms with van der Waals surface area (Å²) >= 11 is 0. The Kier molecular flexibility index (Phi) is 6.47. The number of carbonyl (C=O) groups is 2. The van der Waals surface area contributed by atoms with Crippen molar-refractivity contribution in [2.24, 2.45) is 0 Å². The molecule has 0 saturated carbocycles. The molecule has 0 aromatic heterocycles. The summed E-state index contributed by atoms with van der Waals surface area (Å²) in [5, 5.41) is 5.37. The van der Waals surface area contributed by atoms with Crippen LogP contribution in [0.3, 0.4) is 0 Å². The highest BCUT2D eigenvalue weighted by molar-refractivity contribution is 5.86. The van der Waals surface area contributed by atoms with Gasteiger partial charge in [0.15, 0.2) is 0 Å². The lowest BCUT2D eigenvalue weighted by Crippen LogP contribution is -2.55. The lowest BCUT2D eigenvalue weighted by Gasteiger charge is -2.36. The lowest BCUT2D eigenvalue weighted by atomic mass is 10.2. The minimum absolute atomic E-state index is 0.0848. The monoisotopic (exact) mass is 384 g/mol. The van der Waals surface area contributed by atoms with Gasteiger partial charge in [-0.05, 0) is 25.1 Å². The van der Waals surface area contributed by atoms with Crippen LogP contribution in [0.15, 0.2) is 54.6 Å². The lowest BCUT2D eigenvalue weighted by molar-refractivity contribution is -0.122. The van der Waals surface area contributed by atoms with Crippen LogP contribution in [-0.4, -0.2) is 49.1 Å². The second-order valence-corrected chi connectivity index (χ2v) is 6.79. The molecule has 2 N–H and O–H groups in total. The Morgan fingerprint density at radius 3 is 2.32 bits per heavy atom. The molecule has 0 radical (unpaired) electrons. The van der Waals surface area contributed by atoms with Crippen LogP contribution in [0.4, 0.5) is 14.9 Å². The number of rotatable bonds is 5. The van der Waals surface area contributed by atoms with Gasteiger partial charge < -0.3 is 20.4 Å². The normalized spacial score (nSPS) is 15.1. The largest absolute Gasteiger partial charge is 0.368 e. The van der Waals surface area contributed by atoms with Crippen molar-refractivity contribution in [2.75, 3.05) is 31.1 Å². The van der Waals surface area contributed by atoms with E-state index in [1.807, 2.05) is 18.2 Å². The fourth-order valence-electron chi connectivity index (χ4n) is 3.13. The third kappa shape index (κ3) is 5.00. The maximum atomic E-state index is 13.6. The molecular weight excluding hydrogens is 359 g/mol. The van der Waals surface area contributed by atoms with Crippen LogP contribution >= 0.6 is 0 Å². The second kappa shape index (κ2) is 9.21. The fourth-order valence-corrected chi connectivity index (χ4v) is 3.13. The summed E-state index contributed by atoms with van der Waals surface area (Å²) in [6.45, 7) is 4.36. The first-order valence-corrected chi connectivity index (χ1v) is 9.41. The molecule has 0 aliphatic carbocycles. The van der Waals surface area contributed by atoms with Crippen LogP contribution in [0.1, 0.15) is 12.5 Å². The van der Waals surface area contributed by atoms with Crippen molar-refractivity contribution in [1.29, 1.82) is 0 Å². The molecule has 28 heavy (non-hydrogen) atoms. The van der Waals surface area contributed by atoms with Crippen LogP contribution in [0.25, 0.3) is 0 Å². The van der Waals surface area contributed by atoms with Crippen molar-refractivity contribution < 1.29 is 14.0 Å². The minimum Gasteiger partial charge on any atom is -0.368 e. The van der Waals surface area contributed by atoms with Crippen molar-refractivity contribution >= 4 is 17.6 Å². The Bertz CT molecular complexity index is 807. The molecule has 3 amide bonds. The zero-order valence-corrected chi connectivity index (χ0v) is 15.9. The Hall–Kier alpha value is -3.09. The molecule has 2 aromatic rings. The summed E-state index contributed by atoms with van der Waals surface area (Å²) in [6, 6.07) is 15.4. The molecular formula is C21H25FN4O2. The van der Waals surface area contributed by atoms with E-state index < -0.39 is 6.04 Å². The molecule has 0 spiro atoms. The van der Waals surface area contributed by atoms with Gasteiger partial charge >= 0.3 is 6.03 Å². The van der Waals surface area contributed by atoms with Gasteiger partial charge in [-0.25, -0.2) is 9.18 Å². The van der Waals surface area contributed by atoms with E-state index in [0.717, 1.165) is 18.8 Å². The molecule has 7 heteroatoms. The van der Waals surface area contributed by atoms with Crippen molar-refractivity contribution in [2.45, 2.75) is 19.5 Å². The number of carbonyl (C=O) groups excluding carboxylic acids is 2. The van der Waals surface area contributed by atoms with E-state index in [1.165, 1.54) is 6.07 Å². The van der Waals surface area contributed by atoms with E-state index in [2.05, 4.69) is 27.7 Å². The number of para-hydroxylation sites is 1. The van der Waals surface area contributed by atoms with Gasteiger partial charge in [0.1, 0.15) is 11.9 Å². The topological polar surface area (TPSA) is 64.7 Å². The fraction of sp³-hybridized carbons (Fsp3) is 0.333. The Morgan fingerprint density at radius 1 is 1.00 bits per heavy atom. The number of hydrogen-bond donors (Lipinski definition) is 2. The minimum atomic E-state index is -0.702. The zero-order chi connectivity index (χ0) is 19.9. The highest BCUT2D eigenvalue weighted by Crippen LogP contribution is 2.15. The van der Waals surface area contributed by atoms with E-state index in [-0.39, 0.29) is 24.3 Å². The predicted octanol–water partition coefficient (Wildman–Crippen LogP) is 2.36. The van der Waals surface area contributed by atoms with Gasteiger partial charge in [0.05, 0.1) is 0 Å². The van der Waals surface area contributed by atoms with Crippen molar-refractivity contribution in [3.63, 3.8) is 0 Å². The molecule has 1 aliphatic rings. The van der Waals surface area contributed by atoms with Crippen molar-refractivity contribution in [3.05, 3.63) is 66.0 Å². The van der Waals surface area contributed by atoms with E-state index in [4.69, 9.17) is 0 Å². The molecule has 3 rings (SSSR count). The van der Waals surface area contributed by atoms with Gasteiger partial charge in [-0.3, -0.25) is 4.79 Å². The number of amides is 3. The molecule has 0 bridgehead atoms. The number of urea groups is 1. The summed E-state index contributed by atoms with van der Waals surface area (Å²) < 4.78 is 13.6. The maximum Gasteiger partial charge on any atom is 0.318 e. The van der Waals surface area contributed by atoms with Gasteiger partial charge in [-0.1, -0.05) is 36.4 Å². The standard InChI is InChI=1S/C21H25FN4O2/c1-16(20(27)23-15-17-7-5-6-10-19(17)22)24-21(28)26-13-11-25(12-14-26)18-8-3-2-4-9-18/h2-10,16H,11-15H2,1H3,(H,23,27)(H,24,28). The number of nitrogens with zero attached hydrogens (tertiary/aromatic N) is 2. The maximum absolute atomic E-state index is 13.6. The van der Waals surface area contributed by atoms with Gasteiger partial charge in [-0.2, -0.15) is 0 Å². The summed E-state index contributed by atoms with van der Waals surface area (Å²) in [4.78, 5) is 28.6. The van der Waals surface area contributed by atoms with Gasteiger partial charge in [-0.15, -0.1) is 0 Å². The smallest absolute Gasteiger partial charge is 0.318 e. The average Bonchev–Trinajstić information content (AvgIpc) is 2.73. The van der Waals surface area contributed by atoms with Crippen molar-refractivity contribution in [1.82, 2.24) is 15.5 Å². The third-order valence-corrected chi connectivity index (χ3v) is 4.83. The molecule has 1 atom stereocenters. The highest BCUT2D eigenvalue weighted by Gasteiger charge is 2.24. The number of nitrogens with one attached hydrogen (secondary N) is 2. The zero-order valence-electron chi connectivity index (χ0n) is 15.9. The van der Waals surface area contributed by atoms with Gasteiger partial charge in [0, 0.05) is 44.0 Å². The van der Waals surface area contributed by atoms with Crippen LogP contribution in [0.5, 0.6) is 0 Å². The quantitative estimate of drug-likeness (QED) is 0.832. The Labute approximate surface area is 164 Å². The highest BCUT2D eigenvalue weighted by atomic mass is 19.1. The number of hydrogen-bond acceptors (Lipinski definition) is 3. The van der Waals surface area contributed by atoms with Crippen LogP contribution in [0, 0.1) is 5.82 Å². The average molecular weight is 384 g/mol. The number of halogens is 1. The number of piperazine rings is 1. The summed E-state index contributed by atoms with van der Waals surface area (Å²) in [6.07, 6.45) is 0. The molecule has 1 fully saturated rings. The van der Waals surface area contributed by atoms with Crippen LogP contribution < -0.4 is 15.5 Å². The number of benzene rings is 2. The molecule has 1 unspecified atom stereocenters. The first-order chi connectivity index (χ1) is 13.5. The number of anilines is 1. The van der Waals surface area contributed by atoms with Gasteiger partial charge in [0.25, 0.3) is 0 Å². The van der Waals surface area contributed by atoms with Crippen LogP contribution in [-0.2, 0) is 11.3 Å². The summed E-state index contributed by atoms with van der Waals surface area (Å²) in [5.41, 5.74) is 1.55. The van der Waals surface area contributed by atoms with E-state index in [1.54, 1.807) is 30.0 Å². The summed E-state index contributed by atoms with van der Waals surface area (Å²) in [5.74, 6) is -0.713. The molecule has 1 heterocycles. The third-order valence-electron chi connectivity index (χ3n) is 4.83. The summed E-state index contributed by atoms with van der Waals surface area (Å²) in [7, 11) is 0. The predicted molar refractivity (Wildman–Crippen MR) is 106 cm³/mol. The molecule has 1 saturated heterocycles.